The fourth-order valence-corrected chi connectivity index (χ4v) is 1.77. The molecule has 0 saturated carbocycles. The van der Waals surface area contributed by atoms with Crippen molar-refractivity contribution in [1.82, 2.24) is 24.6 Å². The van der Waals surface area contributed by atoms with Gasteiger partial charge in [-0.3, -0.25) is 4.98 Å². The Hall–Kier alpha value is -2.50. The number of hydrogen-bond donors (Lipinski definition) is 0. The third-order valence-corrected chi connectivity index (χ3v) is 2.68. The highest BCUT2D eigenvalue weighted by atomic mass is 16.5. The Morgan fingerprint density at radius 2 is 1.95 bits per heavy atom. The average Bonchev–Trinajstić information content (AvgIpc) is 2.94. The lowest BCUT2D eigenvalue weighted by Gasteiger charge is -2.04. The zero-order valence-electron chi connectivity index (χ0n) is 12.0. The van der Waals surface area contributed by atoms with Gasteiger partial charge >= 0.3 is 0 Å². The van der Waals surface area contributed by atoms with Crippen molar-refractivity contribution < 1.29 is 4.74 Å². The van der Waals surface area contributed by atoms with Gasteiger partial charge in [0.1, 0.15) is 0 Å². The number of aromatic nitrogens is 5. The molecule has 0 unspecified atom stereocenters. The van der Waals surface area contributed by atoms with Crippen molar-refractivity contribution >= 4 is 5.52 Å². The third kappa shape index (κ3) is 2.45. The van der Waals surface area contributed by atoms with Gasteiger partial charge in [-0.05, 0) is 6.92 Å². The molecule has 104 valence electrons. The lowest BCUT2D eigenvalue weighted by Crippen LogP contribution is -1.96. The van der Waals surface area contributed by atoms with E-state index < -0.39 is 0 Å². The SMILES string of the molecule is CC.COc1nc(-c2cnn3ccncc23)ncc1C. The zero-order valence-corrected chi connectivity index (χ0v) is 12.0. The smallest absolute Gasteiger partial charge is 0.219 e. The van der Waals surface area contributed by atoms with E-state index in [0.29, 0.717) is 11.7 Å². The molecular weight excluding hydrogens is 254 g/mol. The maximum absolute atomic E-state index is 5.20. The summed E-state index contributed by atoms with van der Waals surface area (Å²) < 4.78 is 6.94. The summed E-state index contributed by atoms with van der Waals surface area (Å²) >= 11 is 0. The minimum absolute atomic E-state index is 0.572. The Morgan fingerprint density at radius 1 is 1.15 bits per heavy atom. The van der Waals surface area contributed by atoms with Gasteiger partial charge in [0.2, 0.25) is 5.88 Å². The molecule has 0 aliphatic rings. The zero-order chi connectivity index (χ0) is 14.5. The van der Waals surface area contributed by atoms with Gasteiger partial charge < -0.3 is 4.74 Å². The van der Waals surface area contributed by atoms with Crippen LogP contribution in [0.2, 0.25) is 0 Å². The molecule has 0 bridgehead atoms. The molecule has 0 amide bonds. The van der Waals surface area contributed by atoms with Crippen LogP contribution < -0.4 is 4.74 Å². The topological polar surface area (TPSA) is 65.2 Å². The molecule has 3 aromatic heterocycles. The lowest BCUT2D eigenvalue weighted by atomic mass is 10.2. The van der Waals surface area contributed by atoms with E-state index in [0.717, 1.165) is 16.6 Å². The van der Waals surface area contributed by atoms with Gasteiger partial charge in [0.15, 0.2) is 5.82 Å². The predicted molar refractivity (Wildman–Crippen MR) is 76.7 cm³/mol. The first-order valence-electron chi connectivity index (χ1n) is 6.45. The Morgan fingerprint density at radius 3 is 2.70 bits per heavy atom. The number of ether oxygens (including phenoxy) is 1. The van der Waals surface area contributed by atoms with Crippen LogP contribution >= 0.6 is 0 Å². The van der Waals surface area contributed by atoms with Crippen LogP contribution in [0.4, 0.5) is 0 Å². The van der Waals surface area contributed by atoms with E-state index in [4.69, 9.17) is 4.74 Å². The fraction of sp³-hybridized carbons (Fsp3) is 0.286. The maximum Gasteiger partial charge on any atom is 0.219 e. The van der Waals surface area contributed by atoms with Gasteiger partial charge in [0.05, 0.1) is 30.6 Å². The van der Waals surface area contributed by atoms with Crippen LogP contribution in [-0.2, 0) is 0 Å². The predicted octanol–water partition coefficient (Wildman–Crippen LogP) is 2.53. The summed E-state index contributed by atoms with van der Waals surface area (Å²) in [5.74, 6) is 1.16. The molecule has 3 heterocycles. The lowest BCUT2D eigenvalue weighted by molar-refractivity contribution is 0.394. The maximum atomic E-state index is 5.20. The second-order valence-electron chi connectivity index (χ2n) is 3.85. The van der Waals surface area contributed by atoms with Crippen LogP contribution in [0.25, 0.3) is 16.9 Å². The van der Waals surface area contributed by atoms with E-state index in [1.807, 2.05) is 20.8 Å². The molecule has 0 aliphatic heterocycles. The molecule has 6 heteroatoms. The largest absolute Gasteiger partial charge is 0.481 e. The summed E-state index contributed by atoms with van der Waals surface area (Å²) in [4.78, 5) is 12.8. The average molecular weight is 271 g/mol. The molecule has 0 N–H and O–H groups in total. The summed E-state index contributed by atoms with van der Waals surface area (Å²) in [5, 5.41) is 4.23. The van der Waals surface area contributed by atoms with Crippen LogP contribution in [0.5, 0.6) is 5.88 Å². The highest BCUT2D eigenvalue weighted by Gasteiger charge is 2.11. The standard InChI is InChI=1S/C12H11N5O.C2H6/c1-8-5-14-11(16-12(8)18-2)9-6-15-17-4-3-13-7-10(9)17;1-2/h3-7H,1-2H3;1-2H3. The first kappa shape index (κ1) is 13.9. The van der Waals surface area contributed by atoms with Gasteiger partial charge in [0.25, 0.3) is 0 Å². The van der Waals surface area contributed by atoms with Crippen molar-refractivity contribution in [2.45, 2.75) is 20.8 Å². The third-order valence-electron chi connectivity index (χ3n) is 2.68. The second-order valence-corrected chi connectivity index (χ2v) is 3.85. The quantitative estimate of drug-likeness (QED) is 0.716. The van der Waals surface area contributed by atoms with Crippen LogP contribution in [0, 0.1) is 6.92 Å². The van der Waals surface area contributed by atoms with Crippen molar-refractivity contribution in [3.63, 3.8) is 0 Å². The normalized spacial score (nSPS) is 10.0. The molecular formula is C14H17N5O. The Bertz CT molecular complexity index is 708. The molecule has 6 nitrogen and oxygen atoms in total. The van der Waals surface area contributed by atoms with Gasteiger partial charge in [-0.25, -0.2) is 9.50 Å². The van der Waals surface area contributed by atoms with Crippen LogP contribution in [-0.4, -0.2) is 31.7 Å². The number of rotatable bonds is 2. The van der Waals surface area contributed by atoms with E-state index in [2.05, 4.69) is 20.1 Å². The molecule has 3 aromatic rings. The Labute approximate surface area is 117 Å². The van der Waals surface area contributed by atoms with Gasteiger partial charge in [-0.2, -0.15) is 10.1 Å². The molecule has 3 rings (SSSR count). The summed E-state index contributed by atoms with van der Waals surface area (Å²) in [6, 6.07) is 0. The molecule has 0 aliphatic carbocycles. The van der Waals surface area contributed by atoms with Crippen LogP contribution in [0.15, 0.2) is 31.0 Å². The van der Waals surface area contributed by atoms with E-state index in [9.17, 15) is 0 Å². The summed E-state index contributed by atoms with van der Waals surface area (Å²) in [6.07, 6.45) is 8.66. The van der Waals surface area contributed by atoms with E-state index in [1.54, 1.807) is 42.6 Å². The number of hydrogen-bond acceptors (Lipinski definition) is 5. The number of nitrogens with zero attached hydrogens (tertiary/aromatic N) is 5. The second kappa shape index (κ2) is 6.10. The summed E-state index contributed by atoms with van der Waals surface area (Å²) in [6.45, 7) is 5.90. The Balaban J connectivity index is 0.000000704. The molecule has 0 atom stereocenters. The Kier molecular flexibility index (Phi) is 4.24. The number of methoxy groups -OCH3 is 1. The molecule has 20 heavy (non-hydrogen) atoms. The molecule has 0 fully saturated rings. The van der Waals surface area contributed by atoms with E-state index >= 15 is 0 Å². The van der Waals surface area contributed by atoms with Crippen molar-refractivity contribution in [2.24, 2.45) is 0 Å². The van der Waals surface area contributed by atoms with Crippen molar-refractivity contribution in [3.05, 3.63) is 36.5 Å². The van der Waals surface area contributed by atoms with E-state index in [-0.39, 0.29) is 0 Å². The number of fused-ring (bicyclic) bond motifs is 1. The van der Waals surface area contributed by atoms with Gasteiger partial charge in [-0.15, -0.1) is 0 Å². The first-order valence-corrected chi connectivity index (χ1v) is 6.45. The fourth-order valence-electron chi connectivity index (χ4n) is 1.77. The molecule has 0 aromatic carbocycles. The molecule has 0 spiro atoms. The minimum atomic E-state index is 0.572. The van der Waals surface area contributed by atoms with Crippen LogP contribution in [0.1, 0.15) is 19.4 Å². The van der Waals surface area contributed by atoms with E-state index in [1.165, 1.54) is 0 Å². The summed E-state index contributed by atoms with van der Waals surface area (Å²) in [7, 11) is 1.59. The molecule has 0 saturated heterocycles. The van der Waals surface area contributed by atoms with Crippen molar-refractivity contribution in [1.29, 1.82) is 0 Å². The van der Waals surface area contributed by atoms with Crippen molar-refractivity contribution in [2.75, 3.05) is 7.11 Å². The highest BCUT2D eigenvalue weighted by molar-refractivity contribution is 5.74. The first-order chi connectivity index (χ1) is 9.79. The van der Waals surface area contributed by atoms with Crippen molar-refractivity contribution in [3.8, 4) is 17.3 Å². The molecule has 0 radical (unpaired) electrons. The van der Waals surface area contributed by atoms with Gasteiger partial charge in [-0.1, -0.05) is 13.8 Å². The summed E-state index contributed by atoms with van der Waals surface area (Å²) in [5.41, 5.74) is 2.60. The monoisotopic (exact) mass is 271 g/mol. The van der Waals surface area contributed by atoms with Crippen LogP contribution in [0.3, 0.4) is 0 Å². The minimum Gasteiger partial charge on any atom is -0.481 e. The highest BCUT2D eigenvalue weighted by Crippen LogP contribution is 2.23. The number of aryl methyl sites for hydroxylation is 1. The van der Waals surface area contributed by atoms with Gasteiger partial charge in [0, 0.05) is 24.2 Å².